The van der Waals surface area contributed by atoms with E-state index >= 15 is 0 Å². The molecule has 2 fully saturated rings. The number of fused-ring (bicyclic) bond motifs is 8. The number of rotatable bonds is 4. The minimum Gasteiger partial charge on any atom is -0.355 e. The van der Waals surface area contributed by atoms with E-state index in [0.29, 0.717) is 26.4 Å². The summed E-state index contributed by atoms with van der Waals surface area (Å²) in [6.07, 6.45) is -1.13. The summed E-state index contributed by atoms with van der Waals surface area (Å²) in [7, 11) is 0. The number of aromatic amines is 4. The number of H-pyrrole nitrogens is 4. The molecule has 0 radical (unpaired) electrons. The number of aryl methyl sites for hydroxylation is 2. The minimum absolute atomic E-state index is 0.0770. The normalized spacial score (nSPS) is 19.1. The molecule has 276 valence electrons. The van der Waals surface area contributed by atoms with Crippen LogP contribution in [-0.4, -0.2) is 58.9 Å². The van der Waals surface area contributed by atoms with E-state index in [1.54, 1.807) is 0 Å². The second-order valence-electron chi connectivity index (χ2n) is 16.7. The number of benzene rings is 2. The van der Waals surface area contributed by atoms with Gasteiger partial charge in [0.1, 0.15) is 0 Å². The van der Waals surface area contributed by atoms with E-state index in [9.17, 15) is 0 Å². The summed E-state index contributed by atoms with van der Waals surface area (Å²) >= 11 is 0. The average Bonchev–Trinajstić information content (AvgIpc) is 3.99. The van der Waals surface area contributed by atoms with E-state index in [4.69, 9.17) is 18.9 Å². The fraction of sp³-hybridized carbons (Fsp3) is 0.304. The molecule has 4 N–H and O–H groups in total. The Hall–Kier alpha value is -5.12. The molecule has 0 unspecified atom stereocenters. The Morgan fingerprint density at radius 1 is 0.407 bits per heavy atom. The van der Waals surface area contributed by atoms with Gasteiger partial charge in [0.15, 0.2) is 12.6 Å². The van der Waals surface area contributed by atoms with Gasteiger partial charge in [-0.15, -0.1) is 0 Å². The van der Waals surface area contributed by atoms with E-state index in [1.165, 1.54) is 11.1 Å². The molecule has 4 aromatic heterocycles. The van der Waals surface area contributed by atoms with Crippen molar-refractivity contribution in [3.05, 3.63) is 163 Å². The topological polar surface area (TPSA) is 100 Å². The van der Waals surface area contributed by atoms with Crippen molar-refractivity contribution in [2.24, 2.45) is 10.8 Å². The monoisotopic (exact) mass is 720 g/mol. The van der Waals surface area contributed by atoms with Gasteiger partial charge in [-0.25, -0.2) is 0 Å². The fourth-order valence-electron chi connectivity index (χ4n) is 7.66. The van der Waals surface area contributed by atoms with Crippen LogP contribution in [0.2, 0.25) is 0 Å². The number of nitrogens with one attached hydrogen (secondary N) is 4. The molecule has 3 aliphatic heterocycles. The quantitative estimate of drug-likeness (QED) is 0.190. The zero-order valence-corrected chi connectivity index (χ0v) is 31.9. The lowest BCUT2D eigenvalue weighted by Crippen LogP contribution is -2.40. The van der Waals surface area contributed by atoms with E-state index in [0.717, 1.165) is 77.6 Å². The van der Waals surface area contributed by atoms with Gasteiger partial charge in [0.05, 0.1) is 37.6 Å². The van der Waals surface area contributed by atoms with Crippen LogP contribution < -0.4 is 21.4 Å². The first-order valence-electron chi connectivity index (χ1n) is 18.9. The summed E-state index contributed by atoms with van der Waals surface area (Å²) in [5.41, 5.74) is 12.2. The van der Waals surface area contributed by atoms with Gasteiger partial charge in [-0.3, -0.25) is 0 Å². The standard InChI is InChI=1S/C46H48N4O4/c1-27-7-11-29(12-8-27)39-31-15-19-35(47-31)41(43-51-23-45(3,4)24-52-43)37-21-17-33(49-37)40(30-13-9-28(2)10-14-30)34-18-22-38(50-34)42(36-20-16-32(39)48-36)44-53-25-46(5,6)26-54-44/h7-22,43-44,47-50H,23-26H2,1-6H3. The molecule has 8 bridgehead atoms. The molecule has 0 atom stereocenters. The summed E-state index contributed by atoms with van der Waals surface area (Å²) in [5, 5.41) is 3.78. The van der Waals surface area contributed by atoms with Crippen LogP contribution in [0.4, 0.5) is 0 Å². The van der Waals surface area contributed by atoms with Crippen molar-refractivity contribution >= 4 is 22.3 Å². The van der Waals surface area contributed by atoms with Crippen molar-refractivity contribution < 1.29 is 18.9 Å². The van der Waals surface area contributed by atoms with Crippen molar-refractivity contribution in [1.82, 2.24) is 19.9 Å². The lowest BCUT2D eigenvalue weighted by atomic mass is 9.95. The second kappa shape index (κ2) is 13.3. The molecular formula is C46H48N4O4. The fourth-order valence-corrected chi connectivity index (χ4v) is 7.66. The van der Waals surface area contributed by atoms with Crippen LogP contribution in [-0.2, 0) is 18.9 Å². The summed E-state index contributed by atoms with van der Waals surface area (Å²) in [4.78, 5) is 15.3. The van der Waals surface area contributed by atoms with Crippen LogP contribution in [0.1, 0.15) is 72.7 Å². The highest BCUT2D eigenvalue weighted by Gasteiger charge is 2.34. The molecule has 2 aromatic carbocycles. The average molecular weight is 721 g/mol. The van der Waals surface area contributed by atoms with Gasteiger partial charge >= 0.3 is 0 Å². The Morgan fingerprint density at radius 2 is 0.741 bits per heavy atom. The van der Waals surface area contributed by atoms with E-state index in [1.807, 2.05) is 0 Å². The Balaban J connectivity index is 1.35. The van der Waals surface area contributed by atoms with Crippen LogP contribution in [0.3, 0.4) is 0 Å². The molecule has 7 heterocycles. The lowest BCUT2D eigenvalue weighted by Gasteiger charge is -2.35. The lowest BCUT2D eigenvalue weighted by molar-refractivity contribution is -0.192. The van der Waals surface area contributed by atoms with Gasteiger partial charge in [0.25, 0.3) is 0 Å². The SMILES string of the molecule is Cc1ccc(C2=c3ccc([nH]3)=C(C3OCC(C)(C)CO3)c3ccc([nH]3)C(c3ccc(C)cc3)=c3ccc([nH]3)=C(C3OCC(C)(C)CO3)c3ccc2[nH]3)cc1. The number of aromatic nitrogens is 4. The van der Waals surface area contributed by atoms with E-state index in [-0.39, 0.29) is 10.8 Å². The molecule has 3 aliphatic rings. The summed E-state index contributed by atoms with van der Waals surface area (Å²) in [6, 6.07) is 34.5. The number of hydrogen-bond donors (Lipinski definition) is 4. The largest absolute Gasteiger partial charge is 0.355 e. The first kappa shape index (κ1) is 34.6. The molecule has 8 nitrogen and oxygen atoms in total. The van der Waals surface area contributed by atoms with Gasteiger partial charge in [0.2, 0.25) is 0 Å². The van der Waals surface area contributed by atoms with Crippen LogP contribution in [0.5, 0.6) is 0 Å². The van der Waals surface area contributed by atoms with Crippen molar-refractivity contribution in [3.63, 3.8) is 0 Å². The van der Waals surface area contributed by atoms with Gasteiger partial charge in [0, 0.05) is 66.1 Å². The van der Waals surface area contributed by atoms with Crippen LogP contribution in [0.15, 0.2) is 97.1 Å². The third-order valence-corrected chi connectivity index (χ3v) is 10.6. The molecule has 54 heavy (non-hydrogen) atoms. The first-order valence-corrected chi connectivity index (χ1v) is 18.9. The van der Waals surface area contributed by atoms with Crippen LogP contribution >= 0.6 is 0 Å². The Morgan fingerprint density at radius 3 is 1.11 bits per heavy atom. The van der Waals surface area contributed by atoms with Crippen molar-refractivity contribution in [3.8, 4) is 0 Å². The van der Waals surface area contributed by atoms with Crippen molar-refractivity contribution in [1.29, 1.82) is 0 Å². The molecule has 9 rings (SSSR count). The predicted molar refractivity (Wildman–Crippen MR) is 211 cm³/mol. The molecule has 0 saturated carbocycles. The van der Waals surface area contributed by atoms with Crippen molar-refractivity contribution in [2.45, 2.75) is 54.1 Å². The molecule has 0 spiro atoms. The molecule has 2 saturated heterocycles. The maximum atomic E-state index is 6.50. The Labute approximate surface area is 315 Å². The maximum Gasteiger partial charge on any atom is 0.187 e. The first-order chi connectivity index (χ1) is 26.0. The third-order valence-electron chi connectivity index (χ3n) is 10.6. The molecular weight excluding hydrogens is 673 g/mol. The highest BCUT2D eigenvalue weighted by atomic mass is 16.7. The molecule has 6 aromatic rings. The van der Waals surface area contributed by atoms with Gasteiger partial charge in [-0.05, 0) is 73.5 Å². The summed E-state index contributed by atoms with van der Waals surface area (Å²) in [5.74, 6) is 0. The second-order valence-corrected chi connectivity index (χ2v) is 16.7. The number of hydrogen-bond acceptors (Lipinski definition) is 4. The van der Waals surface area contributed by atoms with E-state index in [2.05, 4.69) is 159 Å². The molecule has 0 amide bonds. The Kier molecular flexibility index (Phi) is 8.54. The zero-order valence-electron chi connectivity index (χ0n) is 31.9. The Bertz CT molecular complexity index is 2390. The molecule has 8 heteroatoms. The van der Waals surface area contributed by atoms with Gasteiger partial charge in [-0.1, -0.05) is 87.4 Å². The van der Waals surface area contributed by atoms with Gasteiger partial charge < -0.3 is 38.9 Å². The third kappa shape index (κ3) is 6.54. The van der Waals surface area contributed by atoms with Crippen LogP contribution in [0.25, 0.3) is 22.3 Å². The van der Waals surface area contributed by atoms with Crippen molar-refractivity contribution in [2.75, 3.05) is 26.4 Å². The highest BCUT2D eigenvalue weighted by molar-refractivity contribution is 5.81. The summed E-state index contributed by atoms with van der Waals surface area (Å²) in [6.45, 7) is 15.3. The van der Waals surface area contributed by atoms with Crippen LogP contribution in [0, 0.1) is 24.7 Å². The number of ether oxygens (including phenoxy) is 4. The van der Waals surface area contributed by atoms with E-state index < -0.39 is 12.6 Å². The molecule has 0 aliphatic carbocycles. The summed E-state index contributed by atoms with van der Waals surface area (Å²) < 4.78 is 26.0. The predicted octanol–water partition coefficient (Wildman–Crippen LogP) is 5.62. The minimum atomic E-state index is -0.563. The van der Waals surface area contributed by atoms with Gasteiger partial charge in [-0.2, -0.15) is 0 Å². The maximum absolute atomic E-state index is 6.50. The highest BCUT2D eigenvalue weighted by Crippen LogP contribution is 2.32. The smallest absolute Gasteiger partial charge is 0.187 e. The zero-order chi connectivity index (χ0) is 37.2.